The van der Waals surface area contributed by atoms with Gasteiger partial charge in [0.05, 0.1) is 11.7 Å². The highest BCUT2D eigenvalue weighted by molar-refractivity contribution is 4.88. The summed E-state index contributed by atoms with van der Waals surface area (Å²) in [5.41, 5.74) is 5.14. The molecular weight excluding hydrogens is 142 g/mol. The number of ether oxygens (including phenoxy) is 1. The molecule has 11 heavy (non-hydrogen) atoms. The van der Waals surface area contributed by atoms with E-state index in [0.717, 1.165) is 6.42 Å². The van der Waals surface area contributed by atoms with Crippen molar-refractivity contribution in [3.05, 3.63) is 0 Å². The van der Waals surface area contributed by atoms with Gasteiger partial charge in [-0.15, -0.1) is 0 Å². The predicted molar refractivity (Wildman–Crippen MR) is 42.9 cm³/mol. The molecule has 3 heteroatoms. The number of hydrogen-bond acceptors (Lipinski definition) is 3. The van der Waals surface area contributed by atoms with E-state index in [-0.39, 0.29) is 12.1 Å². The lowest BCUT2D eigenvalue weighted by Crippen LogP contribution is -2.53. The second-order valence-corrected chi connectivity index (χ2v) is 3.92. The molecule has 3 unspecified atom stereocenters. The van der Waals surface area contributed by atoms with Crippen LogP contribution in [0.15, 0.2) is 0 Å². The van der Waals surface area contributed by atoms with Gasteiger partial charge >= 0.3 is 0 Å². The average molecular weight is 159 g/mol. The first kappa shape index (κ1) is 8.97. The first-order valence-corrected chi connectivity index (χ1v) is 4.05. The van der Waals surface area contributed by atoms with Crippen molar-refractivity contribution in [2.45, 2.75) is 45.1 Å². The summed E-state index contributed by atoms with van der Waals surface area (Å²) in [7, 11) is 0. The van der Waals surface area contributed by atoms with Crippen LogP contribution in [0.2, 0.25) is 0 Å². The molecule has 1 saturated heterocycles. The molecule has 0 aromatic carbocycles. The van der Waals surface area contributed by atoms with Gasteiger partial charge in [-0.25, -0.2) is 0 Å². The third kappa shape index (κ3) is 1.72. The van der Waals surface area contributed by atoms with Gasteiger partial charge in [-0.3, -0.25) is 0 Å². The molecule has 3 N–H and O–H groups in total. The zero-order valence-electron chi connectivity index (χ0n) is 7.37. The minimum atomic E-state index is -0.489. The largest absolute Gasteiger partial charge is 0.390 e. The third-order valence-electron chi connectivity index (χ3n) is 2.31. The SMILES string of the molecule is CC1CC(N)OC(C)(C)C1O. The Bertz CT molecular complexity index is 147. The highest BCUT2D eigenvalue weighted by Gasteiger charge is 2.39. The number of nitrogens with two attached hydrogens (primary N) is 1. The van der Waals surface area contributed by atoms with Gasteiger partial charge in [0.1, 0.15) is 6.23 Å². The molecule has 66 valence electrons. The maximum Gasteiger partial charge on any atom is 0.106 e. The molecule has 0 saturated carbocycles. The summed E-state index contributed by atoms with van der Waals surface area (Å²) in [5.74, 6) is 0.230. The average Bonchev–Trinajstić information content (AvgIpc) is 1.81. The van der Waals surface area contributed by atoms with Crippen molar-refractivity contribution < 1.29 is 9.84 Å². The first-order chi connectivity index (χ1) is 4.93. The molecule has 0 aromatic rings. The molecule has 0 spiro atoms. The third-order valence-corrected chi connectivity index (χ3v) is 2.31. The Morgan fingerprint density at radius 2 is 2.09 bits per heavy atom. The van der Waals surface area contributed by atoms with Gasteiger partial charge in [-0.1, -0.05) is 6.92 Å². The van der Waals surface area contributed by atoms with Crippen LogP contribution in [0.1, 0.15) is 27.2 Å². The van der Waals surface area contributed by atoms with Crippen LogP contribution in [-0.2, 0) is 4.74 Å². The molecule has 1 aliphatic rings. The summed E-state index contributed by atoms with van der Waals surface area (Å²) in [6.07, 6.45) is 0.121. The van der Waals surface area contributed by atoms with Gasteiger partial charge in [0.25, 0.3) is 0 Å². The minimum Gasteiger partial charge on any atom is -0.390 e. The van der Waals surface area contributed by atoms with E-state index in [0.29, 0.717) is 0 Å². The van der Waals surface area contributed by atoms with Gasteiger partial charge in [0.15, 0.2) is 0 Å². The zero-order valence-corrected chi connectivity index (χ0v) is 7.37. The van der Waals surface area contributed by atoms with Gasteiger partial charge in [-0.05, 0) is 26.2 Å². The maximum absolute atomic E-state index is 9.64. The van der Waals surface area contributed by atoms with Crippen LogP contribution in [0.25, 0.3) is 0 Å². The van der Waals surface area contributed by atoms with E-state index >= 15 is 0 Å². The fourth-order valence-corrected chi connectivity index (χ4v) is 1.69. The van der Waals surface area contributed by atoms with Crippen molar-refractivity contribution in [1.82, 2.24) is 0 Å². The Morgan fingerprint density at radius 1 is 1.55 bits per heavy atom. The van der Waals surface area contributed by atoms with Crippen molar-refractivity contribution >= 4 is 0 Å². The second kappa shape index (κ2) is 2.73. The van der Waals surface area contributed by atoms with E-state index in [1.807, 2.05) is 20.8 Å². The van der Waals surface area contributed by atoms with Gasteiger partial charge in [-0.2, -0.15) is 0 Å². The lowest BCUT2D eigenvalue weighted by atomic mass is 9.85. The monoisotopic (exact) mass is 159 g/mol. The van der Waals surface area contributed by atoms with E-state index in [1.54, 1.807) is 0 Å². The van der Waals surface area contributed by atoms with Crippen LogP contribution in [-0.4, -0.2) is 23.0 Å². The molecule has 0 aliphatic carbocycles. The van der Waals surface area contributed by atoms with Crippen molar-refractivity contribution in [2.24, 2.45) is 11.7 Å². The lowest BCUT2D eigenvalue weighted by Gasteiger charge is -2.42. The van der Waals surface area contributed by atoms with Crippen molar-refractivity contribution in [3.63, 3.8) is 0 Å². The van der Waals surface area contributed by atoms with Crippen LogP contribution in [0.4, 0.5) is 0 Å². The Labute approximate surface area is 67.5 Å². The van der Waals surface area contributed by atoms with Crippen LogP contribution in [0, 0.1) is 5.92 Å². The maximum atomic E-state index is 9.64. The van der Waals surface area contributed by atoms with Gasteiger partial charge in [0.2, 0.25) is 0 Å². The van der Waals surface area contributed by atoms with E-state index in [4.69, 9.17) is 10.5 Å². The molecule has 0 amide bonds. The van der Waals surface area contributed by atoms with Gasteiger partial charge < -0.3 is 15.6 Å². The highest BCUT2D eigenvalue weighted by atomic mass is 16.5. The molecule has 3 atom stereocenters. The number of rotatable bonds is 0. The lowest BCUT2D eigenvalue weighted by molar-refractivity contribution is -0.189. The molecule has 1 aliphatic heterocycles. The second-order valence-electron chi connectivity index (χ2n) is 3.92. The van der Waals surface area contributed by atoms with Crippen LogP contribution >= 0.6 is 0 Å². The van der Waals surface area contributed by atoms with Crippen LogP contribution < -0.4 is 5.73 Å². The van der Waals surface area contributed by atoms with Crippen LogP contribution in [0.5, 0.6) is 0 Å². The standard InChI is InChI=1S/C8H17NO2/c1-5-4-6(9)11-8(2,3)7(5)10/h5-7,10H,4,9H2,1-3H3. The smallest absolute Gasteiger partial charge is 0.106 e. The quantitative estimate of drug-likeness (QED) is 0.540. The molecule has 0 radical (unpaired) electrons. The fraction of sp³-hybridized carbons (Fsp3) is 1.00. The van der Waals surface area contributed by atoms with Crippen LogP contribution in [0.3, 0.4) is 0 Å². The van der Waals surface area contributed by atoms with E-state index in [9.17, 15) is 5.11 Å². The fourth-order valence-electron chi connectivity index (χ4n) is 1.69. The minimum absolute atomic E-state index is 0.219. The highest BCUT2D eigenvalue weighted by Crippen LogP contribution is 2.30. The number of aliphatic hydroxyl groups is 1. The first-order valence-electron chi connectivity index (χ1n) is 4.05. The number of hydrogen-bond donors (Lipinski definition) is 2. The summed E-state index contributed by atoms with van der Waals surface area (Å²) in [4.78, 5) is 0. The molecule has 0 bridgehead atoms. The van der Waals surface area contributed by atoms with E-state index < -0.39 is 11.7 Å². The molecule has 1 rings (SSSR count). The Balaban J connectivity index is 2.67. The molecule has 0 aromatic heterocycles. The summed E-state index contributed by atoms with van der Waals surface area (Å²) in [5, 5.41) is 9.64. The summed E-state index contributed by atoms with van der Waals surface area (Å²) in [6, 6.07) is 0. The van der Waals surface area contributed by atoms with E-state index in [1.165, 1.54) is 0 Å². The zero-order chi connectivity index (χ0) is 8.65. The molecule has 3 nitrogen and oxygen atoms in total. The van der Waals surface area contributed by atoms with Crippen molar-refractivity contribution in [3.8, 4) is 0 Å². The van der Waals surface area contributed by atoms with Gasteiger partial charge in [0, 0.05) is 0 Å². The Hall–Kier alpha value is -0.120. The van der Waals surface area contributed by atoms with E-state index in [2.05, 4.69) is 0 Å². The molecule has 1 heterocycles. The summed E-state index contributed by atoms with van der Waals surface area (Å²) >= 11 is 0. The van der Waals surface area contributed by atoms with Crippen molar-refractivity contribution in [1.29, 1.82) is 0 Å². The van der Waals surface area contributed by atoms with Crippen molar-refractivity contribution in [2.75, 3.05) is 0 Å². The normalized spacial score (nSPS) is 43.9. The predicted octanol–water partition coefficient (Wildman–Crippen LogP) is 0.467. The summed E-state index contributed by atoms with van der Waals surface area (Å²) in [6.45, 7) is 5.73. The number of aliphatic hydroxyl groups excluding tert-OH is 1. The topological polar surface area (TPSA) is 55.5 Å². The Morgan fingerprint density at radius 3 is 2.55 bits per heavy atom. The molecule has 1 fully saturated rings. The summed E-state index contributed by atoms with van der Waals surface area (Å²) < 4.78 is 5.38. The Kier molecular flexibility index (Phi) is 2.23. The molecular formula is C8H17NO2.